The second-order valence-corrected chi connectivity index (χ2v) is 6.93. The number of nitrogens with one attached hydrogen (secondary N) is 1. The molecule has 9 heteroatoms. The van der Waals surface area contributed by atoms with Crippen LogP contribution >= 0.6 is 11.6 Å². The molecule has 0 atom stereocenters. The van der Waals surface area contributed by atoms with Gasteiger partial charge in [-0.1, -0.05) is 17.7 Å². The largest absolute Gasteiger partial charge is 0.506 e. The predicted octanol–water partition coefficient (Wildman–Crippen LogP) is 4.14. The molecular formula is C22H15ClFN3O4. The molecule has 0 fully saturated rings. The molecule has 2 aromatic heterocycles. The minimum absolute atomic E-state index is 0.0524. The van der Waals surface area contributed by atoms with Gasteiger partial charge >= 0.3 is 0 Å². The first-order valence-electron chi connectivity index (χ1n) is 9.04. The number of anilines is 1. The zero-order chi connectivity index (χ0) is 22.1. The summed E-state index contributed by atoms with van der Waals surface area (Å²) in [5.41, 5.74) is -0.668. The molecule has 0 radical (unpaired) electrons. The van der Waals surface area contributed by atoms with E-state index in [0.717, 1.165) is 12.1 Å². The molecule has 0 spiro atoms. The Morgan fingerprint density at radius 3 is 2.74 bits per heavy atom. The number of amides is 1. The summed E-state index contributed by atoms with van der Waals surface area (Å²) in [4.78, 5) is 30.5. The van der Waals surface area contributed by atoms with Crippen LogP contribution in [0.2, 0.25) is 5.02 Å². The Morgan fingerprint density at radius 2 is 2.00 bits per heavy atom. The van der Waals surface area contributed by atoms with Gasteiger partial charge in [-0.15, -0.1) is 0 Å². The molecule has 4 rings (SSSR count). The minimum atomic E-state index is -0.904. The molecule has 0 unspecified atom stereocenters. The normalized spacial score (nSPS) is 10.8. The summed E-state index contributed by atoms with van der Waals surface area (Å²) >= 11 is 5.97. The van der Waals surface area contributed by atoms with Gasteiger partial charge in [0.15, 0.2) is 5.65 Å². The van der Waals surface area contributed by atoms with Gasteiger partial charge in [-0.25, -0.2) is 9.37 Å². The van der Waals surface area contributed by atoms with Gasteiger partial charge in [0.05, 0.1) is 28.9 Å². The van der Waals surface area contributed by atoms with Gasteiger partial charge in [-0.05, 0) is 42.5 Å². The van der Waals surface area contributed by atoms with Crippen molar-refractivity contribution in [2.75, 3.05) is 12.4 Å². The highest BCUT2D eigenvalue weighted by Gasteiger charge is 2.24. The zero-order valence-corrected chi connectivity index (χ0v) is 16.9. The minimum Gasteiger partial charge on any atom is -0.506 e. The fourth-order valence-electron chi connectivity index (χ4n) is 3.17. The lowest BCUT2D eigenvalue weighted by Gasteiger charge is -2.15. The highest BCUT2D eigenvalue weighted by atomic mass is 35.5. The van der Waals surface area contributed by atoms with Crippen molar-refractivity contribution in [1.82, 2.24) is 9.55 Å². The number of hydrogen-bond acceptors (Lipinski definition) is 5. The average molecular weight is 440 g/mol. The second kappa shape index (κ2) is 8.08. The van der Waals surface area contributed by atoms with Gasteiger partial charge in [-0.3, -0.25) is 14.2 Å². The summed E-state index contributed by atoms with van der Waals surface area (Å²) in [5.74, 6) is -1.52. The molecule has 7 nitrogen and oxygen atoms in total. The molecule has 2 heterocycles. The van der Waals surface area contributed by atoms with Crippen molar-refractivity contribution in [1.29, 1.82) is 0 Å². The molecule has 2 N–H and O–H groups in total. The number of benzene rings is 2. The highest BCUT2D eigenvalue weighted by Crippen LogP contribution is 2.29. The van der Waals surface area contributed by atoms with Gasteiger partial charge in [0.1, 0.15) is 22.9 Å². The first kappa shape index (κ1) is 20.4. The summed E-state index contributed by atoms with van der Waals surface area (Å²) in [6, 6.07) is 13.1. The van der Waals surface area contributed by atoms with E-state index < -0.39 is 28.6 Å². The first-order valence-corrected chi connectivity index (χ1v) is 9.42. The Balaban J connectivity index is 1.93. The number of methoxy groups -OCH3 is 1. The maximum atomic E-state index is 13.3. The third-order valence-electron chi connectivity index (χ3n) is 4.63. The Bertz CT molecular complexity index is 1390. The smallest absolute Gasteiger partial charge is 0.273 e. The number of ether oxygens (including phenoxy) is 1. The number of rotatable bonds is 4. The summed E-state index contributed by atoms with van der Waals surface area (Å²) < 4.78 is 19.7. The summed E-state index contributed by atoms with van der Waals surface area (Å²) in [5, 5.41) is 13.3. The molecule has 0 aliphatic heterocycles. The van der Waals surface area contributed by atoms with Crippen molar-refractivity contribution in [3.8, 4) is 17.2 Å². The van der Waals surface area contributed by atoms with Crippen LogP contribution in [0.1, 0.15) is 10.4 Å². The van der Waals surface area contributed by atoms with Crippen molar-refractivity contribution >= 4 is 34.2 Å². The monoisotopic (exact) mass is 439 g/mol. The summed E-state index contributed by atoms with van der Waals surface area (Å²) in [6.07, 6.45) is 1.47. The maximum Gasteiger partial charge on any atom is 0.273 e. The Labute approximate surface area is 180 Å². The summed E-state index contributed by atoms with van der Waals surface area (Å²) in [6.45, 7) is 0. The summed E-state index contributed by atoms with van der Waals surface area (Å²) in [7, 11) is 1.49. The van der Waals surface area contributed by atoms with Crippen molar-refractivity contribution < 1.29 is 19.0 Å². The number of halogens is 2. The molecule has 0 aliphatic carbocycles. The molecule has 1 amide bonds. The van der Waals surface area contributed by atoms with Gasteiger partial charge in [0, 0.05) is 12.3 Å². The van der Waals surface area contributed by atoms with Gasteiger partial charge in [-0.2, -0.15) is 0 Å². The second-order valence-electron chi connectivity index (χ2n) is 6.52. The van der Waals surface area contributed by atoms with Gasteiger partial charge < -0.3 is 15.2 Å². The molecule has 156 valence electrons. The molecule has 4 aromatic rings. The van der Waals surface area contributed by atoms with Crippen LogP contribution in [0.3, 0.4) is 0 Å². The van der Waals surface area contributed by atoms with Gasteiger partial charge in [0.2, 0.25) is 0 Å². The third kappa shape index (κ3) is 3.69. The van der Waals surface area contributed by atoms with E-state index in [9.17, 15) is 19.1 Å². The third-order valence-corrected chi connectivity index (χ3v) is 4.94. The lowest BCUT2D eigenvalue weighted by Crippen LogP contribution is -2.29. The van der Waals surface area contributed by atoms with Crippen LogP contribution in [0.25, 0.3) is 16.7 Å². The van der Waals surface area contributed by atoms with Crippen LogP contribution in [-0.2, 0) is 0 Å². The van der Waals surface area contributed by atoms with Crippen molar-refractivity contribution in [3.63, 3.8) is 0 Å². The topological polar surface area (TPSA) is 93.5 Å². The lowest BCUT2D eigenvalue weighted by molar-refractivity contribution is 0.102. The Kier molecular flexibility index (Phi) is 5.31. The van der Waals surface area contributed by atoms with Crippen LogP contribution < -0.4 is 15.6 Å². The van der Waals surface area contributed by atoms with E-state index >= 15 is 0 Å². The number of aromatic hydroxyl groups is 1. The number of fused-ring (bicyclic) bond motifs is 1. The van der Waals surface area contributed by atoms with Crippen LogP contribution in [-0.4, -0.2) is 27.7 Å². The quantitative estimate of drug-likeness (QED) is 0.498. The number of carbonyl (C=O) groups is 1. The van der Waals surface area contributed by atoms with Crippen LogP contribution in [0.15, 0.2) is 65.6 Å². The molecule has 0 bridgehead atoms. The standard InChI is InChI=1S/C22H15ClFN3O4/c1-31-14-5-2-4-13(11-14)27-20-15(6-3-9-25-20)19(28)18(22(27)30)21(29)26-17-8-7-12(24)10-16(17)23/h2-11,28H,1H3,(H,26,29). The maximum absolute atomic E-state index is 13.3. The van der Waals surface area contributed by atoms with Crippen molar-refractivity contribution in [3.05, 3.63) is 87.6 Å². The SMILES string of the molecule is COc1cccc(-n2c(=O)c(C(=O)Nc3ccc(F)cc3Cl)c(O)c3cccnc32)c1. The average Bonchev–Trinajstić information content (AvgIpc) is 2.76. The molecule has 0 saturated heterocycles. The van der Waals surface area contributed by atoms with Crippen molar-refractivity contribution in [2.24, 2.45) is 0 Å². The van der Waals surface area contributed by atoms with Crippen LogP contribution in [0, 0.1) is 5.82 Å². The number of aromatic nitrogens is 2. The number of pyridine rings is 2. The van der Waals surface area contributed by atoms with E-state index in [4.69, 9.17) is 16.3 Å². The number of carbonyl (C=O) groups excluding carboxylic acids is 1. The van der Waals surface area contributed by atoms with E-state index in [-0.39, 0.29) is 21.7 Å². The van der Waals surface area contributed by atoms with Crippen LogP contribution in [0.5, 0.6) is 11.5 Å². The Morgan fingerprint density at radius 1 is 1.19 bits per heavy atom. The predicted molar refractivity (Wildman–Crippen MR) is 115 cm³/mol. The fraction of sp³-hybridized carbons (Fsp3) is 0.0455. The van der Waals surface area contributed by atoms with E-state index in [1.54, 1.807) is 30.3 Å². The first-order chi connectivity index (χ1) is 14.9. The molecule has 2 aromatic carbocycles. The molecule has 0 saturated carbocycles. The number of hydrogen-bond donors (Lipinski definition) is 2. The van der Waals surface area contributed by atoms with E-state index in [1.165, 1.54) is 30.0 Å². The Hall–Kier alpha value is -3.91. The molecule has 0 aliphatic rings. The zero-order valence-electron chi connectivity index (χ0n) is 16.1. The van der Waals surface area contributed by atoms with E-state index in [2.05, 4.69) is 10.3 Å². The number of nitrogens with zero attached hydrogens (tertiary/aromatic N) is 2. The van der Waals surface area contributed by atoms with E-state index in [1.807, 2.05) is 0 Å². The van der Waals surface area contributed by atoms with Gasteiger partial charge in [0.25, 0.3) is 11.5 Å². The lowest BCUT2D eigenvalue weighted by atomic mass is 10.1. The highest BCUT2D eigenvalue weighted by molar-refractivity contribution is 6.34. The van der Waals surface area contributed by atoms with Crippen molar-refractivity contribution in [2.45, 2.75) is 0 Å². The fourth-order valence-corrected chi connectivity index (χ4v) is 3.39. The van der Waals surface area contributed by atoms with Crippen LogP contribution in [0.4, 0.5) is 10.1 Å². The van der Waals surface area contributed by atoms with E-state index in [0.29, 0.717) is 11.4 Å². The molecule has 31 heavy (non-hydrogen) atoms. The molecular weight excluding hydrogens is 425 g/mol.